The van der Waals surface area contributed by atoms with E-state index in [4.69, 9.17) is 5.73 Å². The van der Waals surface area contributed by atoms with Gasteiger partial charge in [0.25, 0.3) is 0 Å². The Morgan fingerprint density at radius 1 is 1.33 bits per heavy atom. The van der Waals surface area contributed by atoms with E-state index in [0.717, 1.165) is 5.69 Å². The molecule has 1 aromatic heterocycles. The second-order valence-electron chi connectivity index (χ2n) is 4.13. The molecule has 0 spiro atoms. The molecule has 1 heterocycles. The molecule has 6 heteroatoms. The first-order valence-electron chi connectivity index (χ1n) is 4.93. The number of halogens is 2. The van der Waals surface area contributed by atoms with Crippen LogP contribution in [0.1, 0.15) is 31.4 Å². The Kier molecular flexibility index (Phi) is 2.72. The van der Waals surface area contributed by atoms with Gasteiger partial charge in [0.2, 0.25) is 5.92 Å². The topological polar surface area (TPSA) is 51.8 Å². The zero-order valence-electron chi connectivity index (χ0n) is 8.25. The molecule has 1 saturated carbocycles. The van der Waals surface area contributed by atoms with Crippen LogP contribution in [0.2, 0.25) is 0 Å². The summed E-state index contributed by atoms with van der Waals surface area (Å²) in [7, 11) is 0. The van der Waals surface area contributed by atoms with Gasteiger partial charge in [-0.15, -0.1) is 5.10 Å². The van der Waals surface area contributed by atoms with Gasteiger partial charge in [-0.25, -0.2) is 8.78 Å². The van der Waals surface area contributed by atoms with Crippen LogP contribution < -0.4 is 5.73 Å². The van der Waals surface area contributed by atoms with Crippen molar-refractivity contribution in [3.63, 3.8) is 0 Å². The maximum atomic E-state index is 13.1. The monoisotopic (exact) mass is 233 g/mol. The number of aromatic nitrogens is 2. The third-order valence-electron chi connectivity index (χ3n) is 3.23. The van der Waals surface area contributed by atoms with Crippen LogP contribution in [0.3, 0.4) is 0 Å². The van der Waals surface area contributed by atoms with Gasteiger partial charge in [0.05, 0.1) is 5.69 Å². The predicted octanol–water partition coefficient (Wildman–Crippen LogP) is 1.94. The normalized spacial score (nSPS) is 23.9. The highest BCUT2D eigenvalue weighted by Crippen LogP contribution is 2.44. The van der Waals surface area contributed by atoms with Gasteiger partial charge in [0.15, 0.2) is 0 Å². The second kappa shape index (κ2) is 3.75. The first kappa shape index (κ1) is 10.9. The summed E-state index contributed by atoms with van der Waals surface area (Å²) in [5, 5.41) is 5.79. The Morgan fingerprint density at radius 3 is 2.47 bits per heavy atom. The van der Waals surface area contributed by atoms with Gasteiger partial charge >= 0.3 is 0 Å². The molecule has 0 aromatic carbocycles. The molecular weight excluding hydrogens is 220 g/mol. The quantitative estimate of drug-likeness (QED) is 0.849. The van der Waals surface area contributed by atoms with Crippen LogP contribution >= 0.6 is 11.5 Å². The van der Waals surface area contributed by atoms with Gasteiger partial charge in [-0.1, -0.05) is 4.49 Å². The van der Waals surface area contributed by atoms with Crippen LogP contribution in [-0.2, 0) is 5.41 Å². The maximum Gasteiger partial charge on any atom is 0.248 e. The molecule has 0 atom stereocenters. The highest BCUT2D eigenvalue weighted by atomic mass is 32.1. The standard InChI is InChI=1S/C9H13F2N3S/c10-9(11)3-1-8(6-12,2-4-9)7-5-15-14-13-7/h5H,1-4,6,12H2. The lowest BCUT2D eigenvalue weighted by atomic mass is 9.71. The number of nitrogens with zero attached hydrogens (tertiary/aromatic N) is 2. The molecule has 1 aliphatic carbocycles. The summed E-state index contributed by atoms with van der Waals surface area (Å²) in [6.07, 6.45) is 0.618. The van der Waals surface area contributed by atoms with Crippen molar-refractivity contribution in [2.45, 2.75) is 37.0 Å². The third kappa shape index (κ3) is 2.01. The van der Waals surface area contributed by atoms with E-state index in [1.54, 1.807) is 0 Å². The fraction of sp³-hybridized carbons (Fsp3) is 0.778. The molecule has 0 saturated heterocycles. The van der Waals surface area contributed by atoms with Crippen molar-refractivity contribution in [1.82, 2.24) is 9.59 Å². The minimum Gasteiger partial charge on any atom is -0.330 e. The van der Waals surface area contributed by atoms with E-state index in [0.29, 0.717) is 19.4 Å². The smallest absolute Gasteiger partial charge is 0.248 e. The van der Waals surface area contributed by atoms with Gasteiger partial charge < -0.3 is 5.73 Å². The summed E-state index contributed by atoms with van der Waals surface area (Å²) in [4.78, 5) is 0. The van der Waals surface area contributed by atoms with Gasteiger partial charge in [0, 0.05) is 30.2 Å². The summed E-state index contributed by atoms with van der Waals surface area (Å²) in [6, 6.07) is 0. The van der Waals surface area contributed by atoms with E-state index < -0.39 is 5.92 Å². The summed E-state index contributed by atoms with van der Waals surface area (Å²) < 4.78 is 29.9. The lowest BCUT2D eigenvalue weighted by molar-refractivity contribution is -0.0514. The molecule has 0 unspecified atom stereocenters. The first-order chi connectivity index (χ1) is 7.08. The highest BCUT2D eigenvalue weighted by Gasteiger charge is 2.44. The Bertz CT molecular complexity index is 316. The summed E-state index contributed by atoms with van der Waals surface area (Å²) >= 11 is 1.24. The number of nitrogens with two attached hydrogens (primary N) is 1. The van der Waals surface area contributed by atoms with Crippen LogP contribution in [0, 0.1) is 0 Å². The molecule has 84 valence electrons. The summed E-state index contributed by atoms with van der Waals surface area (Å²) in [5.41, 5.74) is 6.13. The van der Waals surface area contributed by atoms with Gasteiger partial charge in [-0.3, -0.25) is 0 Å². The fourth-order valence-electron chi connectivity index (χ4n) is 2.05. The first-order valence-corrected chi connectivity index (χ1v) is 5.77. The molecule has 1 aliphatic rings. The molecule has 2 rings (SSSR count). The fourth-order valence-corrected chi connectivity index (χ4v) is 2.63. The van der Waals surface area contributed by atoms with Crippen molar-refractivity contribution >= 4 is 11.5 Å². The minimum absolute atomic E-state index is 0.0955. The van der Waals surface area contributed by atoms with E-state index in [1.165, 1.54) is 11.5 Å². The SMILES string of the molecule is NCC1(c2csnn2)CCC(F)(F)CC1. The van der Waals surface area contributed by atoms with Crippen LogP contribution in [0.5, 0.6) is 0 Å². The van der Waals surface area contributed by atoms with Crippen LogP contribution in [0.25, 0.3) is 0 Å². The van der Waals surface area contributed by atoms with Crippen molar-refractivity contribution in [3.05, 3.63) is 11.1 Å². The maximum absolute atomic E-state index is 13.1. The zero-order chi connectivity index (χ0) is 10.9. The highest BCUT2D eigenvalue weighted by molar-refractivity contribution is 7.03. The summed E-state index contributed by atoms with van der Waals surface area (Å²) in [5.74, 6) is -2.53. The number of hydrogen-bond donors (Lipinski definition) is 1. The Balaban J connectivity index is 2.19. The molecule has 0 amide bonds. The molecule has 2 N–H and O–H groups in total. The lowest BCUT2D eigenvalue weighted by Gasteiger charge is -2.37. The van der Waals surface area contributed by atoms with Crippen molar-refractivity contribution in [2.75, 3.05) is 6.54 Å². The Labute approximate surface area is 90.8 Å². The minimum atomic E-state index is -2.53. The van der Waals surface area contributed by atoms with Gasteiger partial charge in [-0.2, -0.15) is 0 Å². The van der Waals surface area contributed by atoms with Crippen LogP contribution in [0.15, 0.2) is 5.38 Å². The molecule has 1 fully saturated rings. The molecule has 0 radical (unpaired) electrons. The zero-order valence-corrected chi connectivity index (χ0v) is 9.07. The molecule has 0 bridgehead atoms. The molecule has 15 heavy (non-hydrogen) atoms. The Morgan fingerprint density at radius 2 is 2.00 bits per heavy atom. The molecule has 1 aromatic rings. The van der Waals surface area contributed by atoms with Crippen molar-refractivity contribution in [3.8, 4) is 0 Å². The number of hydrogen-bond acceptors (Lipinski definition) is 4. The van der Waals surface area contributed by atoms with E-state index >= 15 is 0 Å². The van der Waals surface area contributed by atoms with E-state index in [9.17, 15) is 8.78 Å². The lowest BCUT2D eigenvalue weighted by Crippen LogP contribution is -2.42. The molecule has 3 nitrogen and oxygen atoms in total. The second-order valence-corrected chi connectivity index (χ2v) is 4.74. The predicted molar refractivity (Wildman–Crippen MR) is 54.1 cm³/mol. The third-order valence-corrected chi connectivity index (χ3v) is 3.74. The van der Waals surface area contributed by atoms with E-state index in [-0.39, 0.29) is 18.3 Å². The van der Waals surface area contributed by atoms with Crippen LogP contribution in [0.4, 0.5) is 8.78 Å². The van der Waals surface area contributed by atoms with Crippen molar-refractivity contribution in [2.24, 2.45) is 5.73 Å². The van der Waals surface area contributed by atoms with E-state index in [2.05, 4.69) is 9.59 Å². The van der Waals surface area contributed by atoms with Crippen LogP contribution in [-0.4, -0.2) is 22.1 Å². The van der Waals surface area contributed by atoms with E-state index in [1.807, 2.05) is 5.38 Å². The number of alkyl halides is 2. The molecular formula is C9H13F2N3S. The average Bonchev–Trinajstić information content (AvgIpc) is 2.72. The molecule has 0 aliphatic heterocycles. The largest absolute Gasteiger partial charge is 0.330 e. The number of rotatable bonds is 2. The van der Waals surface area contributed by atoms with Crippen molar-refractivity contribution < 1.29 is 8.78 Å². The average molecular weight is 233 g/mol. The summed E-state index contributed by atoms with van der Waals surface area (Å²) in [6.45, 7) is 0.370. The Hall–Kier alpha value is -0.620. The van der Waals surface area contributed by atoms with Gasteiger partial charge in [0.1, 0.15) is 0 Å². The van der Waals surface area contributed by atoms with Crippen molar-refractivity contribution in [1.29, 1.82) is 0 Å². The van der Waals surface area contributed by atoms with Gasteiger partial charge in [-0.05, 0) is 24.4 Å².